The molecule has 0 aromatic heterocycles. The molecule has 1 rings (SSSR count). The minimum absolute atomic E-state index is 0. The predicted molar refractivity (Wildman–Crippen MR) is 20.5 cm³/mol. The highest BCUT2D eigenvalue weighted by atomic mass is 35.5. The van der Waals surface area contributed by atoms with Gasteiger partial charge in [0, 0.05) is 0 Å². The monoisotopic (exact) mass is 103 g/mol. The first-order valence-electron chi connectivity index (χ1n) is 1.43. The molecule has 3 heteroatoms. The van der Waals surface area contributed by atoms with E-state index in [1.807, 2.05) is 0 Å². The fourth-order valence-corrected chi connectivity index (χ4v) is 0.215. The molecule has 0 bridgehead atoms. The van der Waals surface area contributed by atoms with E-state index in [9.17, 15) is 0 Å². The largest absolute Gasteiger partial charge is 1.00 e. The normalized spacial score (nSPS) is 13.3. The van der Waals surface area contributed by atoms with Crippen LogP contribution in [0.15, 0.2) is 12.4 Å². The summed E-state index contributed by atoms with van der Waals surface area (Å²) in [5.41, 5.74) is 0. The van der Waals surface area contributed by atoms with Crippen molar-refractivity contribution in [2.75, 3.05) is 0 Å². The van der Waals surface area contributed by atoms with Crippen molar-refractivity contribution in [2.24, 2.45) is 0 Å². The highest BCUT2D eigenvalue weighted by Gasteiger charge is 1.83. The molecule has 0 amide bonds. The average molecular weight is 104 g/mol. The lowest BCUT2D eigenvalue weighted by molar-refractivity contribution is -0.00000111. The molecule has 0 aromatic rings. The van der Waals surface area contributed by atoms with Crippen molar-refractivity contribution in [1.82, 2.24) is 10.3 Å². The van der Waals surface area contributed by atoms with Gasteiger partial charge in [0.05, 0.1) is 0 Å². The van der Waals surface area contributed by atoms with E-state index < -0.39 is 0 Å². The van der Waals surface area contributed by atoms with E-state index in [4.69, 9.17) is 0 Å². The van der Waals surface area contributed by atoms with Gasteiger partial charge >= 0.3 is 0 Å². The average Bonchev–Trinajstić information content (AvgIpc) is 1.76. The number of rotatable bonds is 0. The fourth-order valence-electron chi connectivity index (χ4n) is 0.215. The zero-order valence-electron chi connectivity index (χ0n) is 3.06. The van der Waals surface area contributed by atoms with Crippen molar-refractivity contribution in [3.63, 3.8) is 0 Å². The highest BCUT2D eigenvalue weighted by molar-refractivity contribution is 5.57. The molecule has 1 radical (unpaired) electrons. The zero-order valence-corrected chi connectivity index (χ0v) is 3.81. The molecular formula is C3H4ClN2. The molecule has 0 unspecified atom stereocenters. The van der Waals surface area contributed by atoms with Crippen LogP contribution < -0.4 is 22.7 Å². The van der Waals surface area contributed by atoms with Gasteiger partial charge in [0.15, 0.2) is 6.20 Å². The Bertz CT molecular complexity index is 66.9. The third kappa shape index (κ3) is 1.08. The molecule has 0 atom stereocenters. The quantitative estimate of drug-likeness (QED) is 0.337. The Hall–Kier alpha value is -0.500. The Balaban J connectivity index is 0.000000250. The van der Waals surface area contributed by atoms with Crippen LogP contribution in [-0.2, 0) is 0 Å². The van der Waals surface area contributed by atoms with E-state index in [1.54, 1.807) is 18.7 Å². The van der Waals surface area contributed by atoms with Gasteiger partial charge in [-0.05, 0) is 0 Å². The molecule has 0 fully saturated rings. The Morgan fingerprint density at radius 1 is 1.50 bits per heavy atom. The Morgan fingerprint density at radius 3 is 2.50 bits per heavy atom. The predicted octanol–water partition coefficient (Wildman–Crippen LogP) is -3.57. The molecule has 0 spiro atoms. The van der Waals surface area contributed by atoms with Crippen LogP contribution >= 0.6 is 0 Å². The summed E-state index contributed by atoms with van der Waals surface area (Å²) in [5, 5.41) is 2.75. The maximum Gasteiger partial charge on any atom is 0.284 e. The maximum atomic E-state index is 3.67. The third-order valence-electron chi connectivity index (χ3n) is 0.406. The molecule has 0 saturated carbocycles. The van der Waals surface area contributed by atoms with Crippen molar-refractivity contribution in [3.8, 4) is 0 Å². The number of nitrogens with zero attached hydrogens (tertiary/aromatic N) is 1. The number of halogens is 1. The molecular weight excluding hydrogens is 99.5 g/mol. The standard InChI is InChI=1S/C3H4N2.ClH/c1-2-5-3-4-1;/h1-4H;1H/q+1;/p-1. The lowest BCUT2D eigenvalue weighted by Crippen LogP contribution is -3.00. The number of nitrogens with one attached hydrogen (secondary N) is 1. The summed E-state index contributed by atoms with van der Waals surface area (Å²) < 4.78 is 0. The van der Waals surface area contributed by atoms with E-state index in [2.05, 4.69) is 10.3 Å². The molecule has 2 nitrogen and oxygen atoms in total. The van der Waals surface area contributed by atoms with Gasteiger partial charge < -0.3 is 12.4 Å². The van der Waals surface area contributed by atoms with Gasteiger partial charge in [0.2, 0.25) is 0 Å². The summed E-state index contributed by atoms with van der Waals surface area (Å²) >= 11 is 0. The lowest BCUT2D eigenvalue weighted by atomic mass is 11.0. The van der Waals surface area contributed by atoms with Crippen LogP contribution in [0.25, 0.3) is 0 Å². The molecule has 0 aromatic carbocycles. The highest BCUT2D eigenvalue weighted by Crippen LogP contribution is 1.58. The fraction of sp³-hybridized carbons (Fsp3) is 0. The van der Waals surface area contributed by atoms with E-state index in [0.717, 1.165) is 0 Å². The molecule has 1 heterocycles. The van der Waals surface area contributed by atoms with Gasteiger partial charge in [-0.2, -0.15) is 0 Å². The smallest absolute Gasteiger partial charge is 0.284 e. The summed E-state index contributed by atoms with van der Waals surface area (Å²) in [6.07, 6.45) is 5.08. The second-order valence-electron chi connectivity index (χ2n) is 0.761. The molecule has 1 aliphatic rings. The van der Waals surface area contributed by atoms with Crippen molar-refractivity contribution in [3.05, 3.63) is 12.4 Å². The van der Waals surface area contributed by atoms with E-state index in [1.165, 1.54) is 0 Å². The van der Waals surface area contributed by atoms with Crippen LogP contribution in [0.1, 0.15) is 0 Å². The first-order chi connectivity index (χ1) is 2.50. The zero-order chi connectivity index (χ0) is 3.54. The van der Waals surface area contributed by atoms with Crippen LogP contribution in [0.4, 0.5) is 0 Å². The summed E-state index contributed by atoms with van der Waals surface area (Å²) in [5.74, 6) is 0. The molecule has 1 N–H and O–H groups in total. The Morgan fingerprint density at radius 2 is 2.33 bits per heavy atom. The van der Waals surface area contributed by atoms with Gasteiger partial charge in [0.25, 0.3) is 6.34 Å². The molecule has 33 valence electrons. The maximum absolute atomic E-state index is 3.67. The second-order valence-corrected chi connectivity index (χ2v) is 0.761. The Kier molecular flexibility index (Phi) is 2.50. The van der Waals surface area contributed by atoms with Crippen LogP contribution in [0.5, 0.6) is 0 Å². The van der Waals surface area contributed by atoms with Gasteiger partial charge in [-0.1, -0.05) is 4.99 Å². The van der Waals surface area contributed by atoms with E-state index in [-0.39, 0.29) is 12.4 Å². The van der Waals surface area contributed by atoms with Crippen LogP contribution in [-0.4, -0.2) is 6.34 Å². The van der Waals surface area contributed by atoms with Crippen LogP contribution in [0, 0.1) is 0 Å². The third-order valence-corrected chi connectivity index (χ3v) is 0.406. The van der Waals surface area contributed by atoms with E-state index in [0.29, 0.717) is 0 Å². The first kappa shape index (κ1) is 5.50. The molecule has 6 heavy (non-hydrogen) atoms. The molecule has 1 aliphatic heterocycles. The van der Waals surface area contributed by atoms with Crippen molar-refractivity contribution < 1.29 is 12.4 Å². The van der Waals surface area contributed by atoms with Crippen LogP contribution in [0.3, 0.4) is 0 Å². The SMILES string of the molecule is C1=CNC=[N+]1.[Cl-]. The van der Waals surface area contributed by atoms with Crippen molar-refractivity contribution in [1.29, 1.82) is 0 Å². The summed E-state index contributed by atoms with van der Waals surface area (Å²) in [4.78, 5) is 3.67. The van der Waals surface area contributed by atoms with E-state index >= 15 is 0 Å². The summed E-state index contributed by atoms with van der Waals surface area (Å²) in [6.45, 7) is 0. The minimum atomic E-state index is 0. The summed E-state index contributed by atoms with van der Waals surface area (Å²) in [6, 6.07) is 0. The van der Waals surface area contributed by atoms with Crippen molar-refractivity contribution >= 4 is 6.34 Å². The van der Waals surface area contributed by atoms with Gasteiger partial charge in [-0.25, -0.2) is 5.32 Å². The van der Waals surface area contributed by atoms with Gasteiger partial charge in [-0.3, -0.25) is 0 Å². The van der Waals surface area contributed by atoms with Crippen molar-refractivity contribution in [2.45, 2.75) is 0 Å². The van der Waals surface area contributed by atoms with Crippen LogP contribution in [0.2, 0.25) is 0 Å². The second kappa shape index (κ2) is 2.72. The lowest BCUT2D eigenvalue weighted by Gasteiger charge is -1.54. The Labute approximate surface area is 42.4 Å². The number of hydrogen-bond donors (Lipinski definition) is 1. The minimum Gasteiger partial charge on any atom is -1.00 e. The topological polar surface area (TPSA) is 26.1 Å². The first-order valence-corrected chi connectivity index (χ1v) is 1.43. The van der Waals surface area contributed by atoms with Gasteiger partial charge in [-0.15, -0.1) is 0 Å². The van der Waals surface area contributed by atoms with Gasteiger partial charge in [0.1, 0.15) is 6.20 Å². The number of hydrogen-bond acceptors (Lipinski definition) is 2. The number of aliphatic imine (C=N–C) groups is 1. The molecule has 0 aliphatic carbocycles. The summed E-state index contributed by atoms with van der Waals surface area (Å²) in [7, 11) is 0. The molecule has 0 saturated heterocycles.